The van der Waals surface area contributed by atoms with Crippen LogP contribution >= 0.6 is 11.3 Å². The van der Waals surface area contributed by atoms with Gasteiger partial charge in [-0.05, 0) is 11.3 Å². The van der Waals surface area contributed by atoms with Gasteiger partial charge in [0, 0.05) is 7.05 Å². The van der Waals surface area contributed by atoms with Gasteiger partial charge in [0.25, 0.3) is 5.19 Å². The molecular formula is C5H8N4O2S. The predicted molar refractivity (Wildman–Crippen MR) is 44.5 cm³/mol. The van der Waals surface area contributed by atoms with Crippen LogP contribution in [0.1, 0.15) is 0 Å². The summed E-state index contributed by atoms with van der Waals surface area (Å²) in [5, 5.41) is 12.9. The Labute approximate surface area is 72.9 Å². The van der Waals surface area contributed by atoms with Gasteiger partial charge in [0.2, 0.25) is 5.13 Å². The molecule has 0 spiro atoms. The van der Waals surface area contributed by atoms with E-state index in [1.54, 1.807) is 0 Å². The Morgan fingerprint density at radius 1 is 1.58 bits per heavy atom. The molecule has 2 amide bonds. The fraction of sp³-hybridized carbons (Fsp3) is 0.400. The topological polar surface area (TPSA) is 76.1 Å². The van der Waals surface area contributed by atoms with Crippen LogP contribution in [0.15, 0.2) is 0 Å². The number of amides is 2. The van der Waals surface area contributed by atoms with Crippen LogP contribution in [0.4, 0.5) is 9.93 Å². The lowest BCUT2D eigenvalue weighted by Gasteiger charge is -1.96. The molecule has 0 saturated heterocycles. The minimum atomic E-state index is -0.325. The van der Waals surface area contributed by atoms with Gasteiger partial charge in [-0.2, -0.15) is 0 Å². The van der Waals surface area contributed by atoms with Crippen molar-refractivity contribution >= 4 is 22.5 Å². The van der Waals surface area contributed by atoms with Gasteiger partial charge in [0.05, 0.1) is 7.11 Å². The van der Waals surface area contributed by atoms with Crippen molar-refractivity contribution in [3.05, 3.63) is 0 Å². The van der Waals surface area contributed by atoms with E-state index in [2.05, 4.69) is 20.8 Å². The smallest absolute Gasteiger partial charge is 0.320 e. The van der Waals surface area contributed by atoms with E-state index in [9.17, 15) is 4.79 Å². The first kappa shape index (κ1) is 8.72. The highest BCUT2D eigenvalue weighted by Crippen LogP contribution is 2.20. The lowest BCUT2D eigenvalue weighted by atomic mass is 10.9. The molecule has 1 heterocycles. The van der Waals surface area contributed by atoms with E-state index in [1.807, 2.05) is 0 Å². The van der Waals surface area contributed by atoms with E-state index in [0.29, 0.717) is 10.3 Å². The number of hydrogen-bond acceptors (Lipinski definition) is 5. The van der Waals surface area contributed by atoms with Gasteiger partial charge in [0.1, 0.15) is 0 Å². The molecule has 1 aromatic heterocycles. The summed E-state index contributed by atoms with van der Waals surface area (Å²) >= 11 is 1.16. The number of urea groups is 1. The van der Waals surface area contributed by atoms with Crippen LogP contribution in [-0.4, -0.2) is 30.4 Å². The van der Waals surface area contributed by atoms with Crippen molar-refractivity contribution in [3.63, 3.8) is 0 Å². The Balaban J connectivity index is 2.58. The van der Waals surface area contributed by atoms with Gasteiger partial charge in [-0.15, -0.1) is 5.10 Å². The zero-order chi connectivity index (χ0) is 8.97. The largest absolute Gasteiger partial charge is 0.472 e. The molecule has 0 aliphatic heterocycles. The predicted octanol–water partition coefficient (Wildman–Crippen LogP) is 0.298. The molecule has 0 unspecified atom stereocenters. The lowest BCUT2D eigenvalue weighted by molar-refractivity contribution is 0.254. The van der Waals surface area contributed by atoms with Crippen LogP contribution in [0, 0.1) is 0 Å². The lowest BCUT2D eigenvalue weighted by Crippen LogP contribution is -2.24. The summed E-state index contributed by atoms with van der Waals surface area (Å²) < 4.78 is 4.78. The van der Waals surface area contributed by atoms with Crippen LogP contribution < -0.4 is 15.4 Å². The molecule has 0 aliphatic rings. The van der Waals surface area contributed by atoms with E-state index >= 15 is 0 Å². The second-order valence-corrected chi connectivity index (χ2v) is 2.72. The third kappa shape index (κ3) is 2.06. The van der Waals surface area contributed by atoms with E-state index < -0.39 is 0 Å². The molecule has 0 bridgehead atoms. The number of anilines is 1. The maximum absolute atomic E-state index is 10.8. The van der Waals surface area contributed by atoms with E-state index in [4.69, 9.17) is 4.74 Å². The van der Waals surface area contributed by atoms with Crippen LogP contribution in [0.25, 0.3) is 0 Å². The molecule has 12 heavy (non-hydrogen) atoms. The minimum Gasteiger partial charge on any atom is -0.472 e. The molecule has 66 valence electrons. The van der Waals surface area contributed by atoms with Crippen LogP contribution in [-0.2, 0) is 0 Å². The quantitative estimate of drug-likeness (QED) is 0.699. The van der Waals surface area contributed by atoms with Gasteiger partial charge in [-0.1, -0.05) is 5.10 Å². The summed E-state index contributed by atoms with van der Waals surface area (Å²) in [6.07, 6.45) is 0. The molecule has 0 saturated carbocycles. The molecule has 7 heteroatoms. The molecule has 0 fully saturated rings. The fourth-order valence-electron chi connectivity index (χ4n) is 0.502. The van der Waals surface area contributed by atoms with Crippen molar-refractivity contribution in [1.82, 2.24) is 15.5 Å². The fourth-order valence-corrected chi connectivity index (χ4v) is 1.06. The number of aromatic nitrogens is 2. The third-order valence-corrected chi connectivity index (χ3v) is 1.83. The zero-order valence-corrected chi connectivity index (χ0v) is 7.44. The minimum absolute atomic E-state index is 0.325. The van der Waals surface area contributed by atoms with Gasteiger partial charge >= 0.3 is 6.03 Å². The molecule has 0 atom stereocenters. The van der Waals surface area contributed by atoms with Crippen LogP contribution in [0.5, 0.6) is 5.19 Å². The molecule has 6 nitrogen and oxygen atoms in total. The monoisotopic (exact) mass is 188 g/mol. The average Bonchev–Trinajstić information content (AvgIpc) is 2.52. The number of nitrogens with zero attached hydrogens (tertiary/aromatic N) is 2. The Morgan fingerprint density at radius 3 is 2.83 bits per heavy atom. The standard InChI is InChI=1S/C5H8N4O2S/c1-6-3(10)7-4-8-9-5(11-2)12-4/h1-2H3,(H2,6,7,8,10). The summed E-state index contributed by atoms with van der Waals surface area (Å²) in [4.78, 5) is 10.8. The van der Waals surface area contributed by atoms with Gasteiger partial charge < -0.3 is 10.1 Å². The number of ether oxygens (including phenoxy) is 1. The summed E-state index contributed by atoms with van der Waals surface area (Å²) in [5.41, 5.74) is 0. The van der Waals surface area contributed by atoms with E-state index in [-0.39, 0.29) is 6.03 Å². The highest BCUT2D eigenvalue weighted by molar-refractivity contribution is 7.17. The second-order valence-electron chi connectivity index (χ2n) is 1.78. The summed E-state index contributed by atoms with van der Waals surface area (Å²) in [6, 6.07) is -0.325. The first-order valence-electron chi connectivity index (χ1n) is 3.12. The first-order valence-corrected chi connectivity index (χ1v) is 3.94. The van der Waals surface area contributed by atoms with Crippen molar-refractivity contribution in [2.24, 2.45) is 0 Å². The number of carbonyl (C=O) groups excluding carboxylic acids is 1. The average molecular weight is 188 g/mol. The number of rotatable bonds is 2. The normalized spacial score (nSPS) is 9.17. The highest BCUT2D eigenvalue weighted by Gasteiger charge is 2.05. The van der Waals surface area contributed by atoms with Crippen molar-refractivity contribution in [3.8, 4) is 5.19 Å². The Hall–Kier alpha value is -1.37. The van der Waals surface area contributed by atoms with Gasteiger partial charge in [-0.3, -0.25) is 5.32 Å². The molecule has 1 rings (SSSR count). The van der Waals surface area contributed by atoms with Crippen molar-refractivity contribution in [2.75, 3.05) is 19.5 Å². The Kier molecular flexibility index (Phi) is 2.81. The third-order valence-electron chi connectivity index (χ3n) is 1.03. The van der Waals surface area contributed by atoms with E-state index in [1.165, 1.54) is 14.2 Å². The summed E-state index contributed by atoms with van der Waals surface area (Å²) in [6.45, 7) is 0. The Bertz CT molecular complexity index is 274. The zero-order valence-electron chi connectivity index (χ0n) is 6.62. The Morgan fingerprint density at radius 2 is 2.33 bits per heavy atom. The van der Waals surface area contributed by atoms with Gasteiger partial charge in [-0.25, -0.2) is 4.79 Å². The first-order chi connectivity index (χ1) is 5.76. The maximum Gasteiger partial charge on any atom is 0.320 e. The number of nitrogens with one attached hydrogen (secondary N) is 2. The molecule has 0 aromatic carbocycles. The molecular weight excluding hydrogens is 180 g/mol. The van der Waals surface area contributed by atoms with Crippen molar-refractivity contribution in [1.29, 1.82) is 0 Å². The van der Waals surface area contributed by atoms with Crippen LogP contribution in [0.3, 0.4) is 0 Å². The number of hydrogen-bond donors (Lipinski definition) is 2. The molecule has 1 aromatic rings. The number of carbonyl (C=O) groups is 1. The van der Waals surface area contributed by atoms with Gasteiger partial charge in [0.15, 0.2) is 0 Å². The van der Waals surface area contributed by atoms with Crippen molar-refractivity contribution < 1.29 is 9.53 Å². The van der Waals surface area contributed by atoms with E-state index in [0.717, 1.165) is 11.3 Å². The van der Waals surface area contributed by atoms with Crippen molar-refractivity contribution in [2.45, 2.75) is 0 Å². The summed E-state index contributed by atoms with van der Waals surface area (Å²) in [5.74, 6) is 0. The second kappa shape index (κ2) is 3.86. The SMILES string of the molecule is CNC(=O)Nc1nnc(OC)s1. The molecule has 0 radical (unpaired) electrons. The molecule has 2 N–H and O–H groups in total. The maximum atomic E-state index is 10.8. The van der Waals surface area contributed by atoms with Crippen LogP contribution in [0.2, 0.25) is 0 Å². The molecule has 0 aliphatic carbocycles. The highest BCUT2D eigenvalue weighted by atomic mass is 32.1. The summed E-state index contributed by atoms with van der Waals surface area (Å²) in [7, 11) is 3.01. The number of methoxy groups -OCH3 is 1.